The summed E-state index contributed by atoms with van der Waals surface area (Å²) in [6.07, 6.45) is 0. The molecule has 1 rings (SSSR count). The number of hydrogen-bond acceptors (Lipinski definition) is 2. The zero-order valence-corrected chi connectivity index (χ0v) is 6.61. The average molecular weight is 151 g/mol. The monoisotopic (exact) mass is 151 g/mol. The molecule has 0 radical (unpaired) electrons. The van der Waals surface area contributed by atoms with E-state index in [2.05, 4.69) is 11.8 Å². The van der Waals surface area contributed by atoms with Gasteiger partial charge in [-0.3, -0.25) is 0 Å². The van der Waals surface area contributed by atoms with E-state index < -0.39 is 0 Å². The minimum absolute atomic E-state index is 0.0258. The molecule has 0 aromatic carbocycles. The third-order valence-corrected chi connectivity index (χ3v) is 1.73. The van der Waals surface area contributed by atoms with Crippen LogP contribution in [-0.2, 0) is 0 Å². The summed E-state index contributed by atoms with van der Waals surface area (Å²) in [5, 5.41) is 2.01. The molecule has 1 atom stereocenters. The predicted octanol–water partition coefficient (Wildman–Crippen LogP) is 1.45. The van der Waals surface area contributed by atoms with E-state index in [-0.39, 0.29) is 6.04 Å². The second kappa shape index (κ2) is 3.40. The van der Waals surface area contributed by atoms with Crippen molar-refractivity contribution in [3.8, 4) is 11.8 Å². The maximum Gasteiger partial charge on any atom is 0.0768 e. The van der Waals surface area contributed by atoms with Crippen molar-refractivity contribution in [2.24, 2.45) is 5.73 Å². The molecule has 52 valence electrons. The molecule has 1 aromatic rings. The Hall–Kier alpha value is -0.780. The highest BCUT2D eigenvalue weighted by atomic mass is 32.1. The topological polar surface area (TPSA) is 26.0 Å². The van der Waals surface area contributed by atoms with E-state index in [0.717, 1.165) is 4.88 Å². The van der Waals surface area contributed by atoms with Gasteiger partial charge in [-0.1, -0.05) is 17.9 Å². The Labute approximate surface area is 64.9 Å². The van der Waals surface area contributed by atoms with Crippen LogP contribution in [0.15, 0.2) is 17.5 Å². The third kappa shape index (κ3) is 2.22. The standard InChI is InChI=1S/C8H9NS/c1-7(9)4-5-8-3-2-6-10-8/h2-3,6-7H,9H2,1H3. The summed E-state index contributed by atoms with van der Waals surface area (Å²) in [5.41, 5.74) is 5.44. The maximum atomic E-state index is 5.44. The van der Waals surface area contributed by atoms with Crippen LogP contribution in [-0.4, -0.2) is 6.04 Å². The molecule has 1 nitrogen and oxygen atoms in total. The minimum atomic E-state index is -0.0258. The Balaban J connectivity index is 2.66. The SMILES string of the molecule is CC(N)C#Cc1cccs1. The maximum absolute atomic E-state index is 5.44. The zero-order valence-electron chi connectivity index (χ0n) is 5.79. The molecule has 0 amide bonds. The van der Waals surface area contributed by atoms with Crippen LogP contribution in [0.1, 0.15) is 11.8 Å². The molecule has 1 unspecified atom stereocenters. The molecule has 0 bridgehead atoms. The molecule has 1 aromatic heterocycles. The second-order valence-corrected chi connectivity index (χ2v) is 2.98. The normalized spacial score (nSPS) is 11.8. The Morgan fingerprint density at radius 2 is 2.50 bits per heavy atom. The summed E-state index contributed by atoms with van der Waals surface area (Å²) in [6, 6.07) is 3.94. The molecule has 0 spiro atoms. The van der Waals surface area contributed by atoms with Crippen LogP contribution in [0, 0.1) is 11.8 Å². The van der Waals surface area contributed by atoms with Crippen LogP contribution in [0.4, 0.5) is 0 Å². The highest BCUT2D eigenvalue weighted by molar-refractivity contribution is 7.10. The fourth-order valence-electron chi connectivity index (χ4n) is 0.535. The van der Waals surface area contributed by atoms with Gasteiger partial charge in [-0.05, 0) is 18.4 Å². The second-order valence-electron chi connectivity index (χ2n) is 2.04. The highest BCUT2D eigenvalue weighted by Gasteiger charge is 1.85. The van der Waals surface area contributed by atoms with Crippen molar-refractivity contribution < 1.29 is 0 Å². The first-order valence-electron chi connectivity index (χ1n) is 3.09. The van der Waals surface area contributed by atoms with Crippen LogP contribution in [0.25, 0.3) is 0 Å². The smallest absolute Gasteiger partial charge is 0.0768 e. The Morgan fingerprint density at radius 3 is 3.00 bits per heavy atom. The van der Waals surface area contributed by atoms with Gasteiger partial charge in [-0.15, -0.1) is 11.3 Å². The van der Waals surface area contributed by atoms with Crippen molar-refractivity contribution in [2.45, 2.75) is 13.0 Å². The van der Waals surface area contributed by atoms with E-state index >= 15 is 0 Å². The molecule has 0 aliphatic rings. The van der Waals surface area contributed by atoms with Gasteiger partial charge in [0.2, 0.25) is 0 Å². The molecule has 0 fully saturated rings. The third-order valence-electron chi connectivity index (χ3n) is 0.944. The molecule has 1 heterocycles. The van der Waals surface area contributed by atoms with Crippen molar-refractivity contribution in [3.05, 3.63) is 22.4 Å². The van der Waals surface area contributed by atoms with E-state index in [1.807, 2.05) is 24.4 Å². The number of rotatable bonds is 0. The van der Waals surface area contributed by atoms with Crippen LogP contribution >= 0.6 is 11.3 Å². The van der Waals surface area contributed by atoms with E-state index in [4.69, 9.17) is 5.73 Å². The summed E-state index contributed by atoms with van der Waals surface area (Å²) in [6.45, 7) is 1.88. The number of hydrogen-bond donors (Lipinski definition) is 1. The Bertz CT molecular complexity index is 238. The molecule has 0 saturated heterocycles. The lowest BCUT2D eigenvalue weighted by atomic mass is 10.3. The summed E-state index contributed by atoms with van der Waals surface area (Å²) in [5.74, 6) is 5.85. The van der Waals surface area contributed by atoms with Gasteiger partial charge in [0.25, 0.3) is 0 Å². The fraction of sp³-hybridized carbons (Fsp3) is 0.250. The summed E-state index contributed by atoms with van der Waals surface area (Å²) in [7, 11) is 0. The fourth-order valence-corrected chi connectivity index (χ4v) is 1.11. The Kier molecular flexibility index (Phi) is 2.49. The number of nitrogens with two attached hydrogens (primary N) is 1. The summed E-state index contributed by atoms with van der Waals surface area (Å²) < 4.78 is 0. The van der Waals surface area contributed by atoms with E-state index in [1.165, 1.54) is 0 Å². The minimum Gasteiger partial charge on any atom is -0.318 e. The highest BCUT2D eigenvalue weighted by Crippen LogP contribution is 2.05. The first kappa shape index (κ1) is 7.33. The van der Waals surface area contributed by atoms with E-state index in [9.17, 15) is 0 Å². The van der Waals surface area contributed by atoms with Crippen LogP contribution in [0.3, 0.4) is 0 Å². The van der Waals surface area contributed by atoms with Gasteiger partial charge < -0.3 is 5.73 Å². The predicted molar refractivity (Wildman–Crippen MR) is 44.8 cm³/mol. The quantitative estimate of drug-likeness (QED) is 0.558. The molecule has 2 heteroatoms. The van der Waals surface area contributed by atoms with Crippen molar-refractivity contribution in [2.75, 3.05) is 0 Å². The first-order chi connectivity index (χ1) is 4.79. The zero-order chi connectivity index (χ0) is 7.40. The molecule has 2 N–H and O–H groups in total. The molecular weight excluding hydrogens is 142 g/mol. The lowest BCUT2D eigenvalue weighted by molar-refractivity contribution is 0.959. The molecular formula is C8H9NS. The molecule has 0 saturated carbocycles. The van der Waals surface area contributed by atoms with Gasteiger partial charge in [0.15, 0.2) is 0 Å². The molecule has 0 aliphatic carbocycles. The number of thiophene rings is 1. The van der Waals surface area contributed by atoms with Crippen LogP contribution in [0.2, 0.25) is 0 Å². The molecule has 0 aliphatic heterocycles. The summed E-state index contributed by atoms with van der Waals surface area (Å²) in [4.78, 5) is 1.08. The lowest BCUT2D eigenvalue weighted by Gasteiger charge is -1.86. The van der Waals surface area contributed by atoms with Gasteiger partial charge in [0.05, 0.1) is 10.9 Å². The Morgan fingerprint density at radius 1 is 1.70 bits per heavy atom. The first-order valence-corrected chi connectivity index (χ1v) is 3.97. The van der Waals surface area contributed by atoms with Gasteiger partial charge in [-0.2, -0.15) is 0 Å². The molecule has 10 heavy (non-hydrogen) atoms. The van der Waals surface area contributed by atoms with Crippen LogP contribution in [0.5, 0.6) is 0 Å². The van der Waals surface area contributed by atoms with Crippen molar-refractivity contribution in [1.82, 2.24) is 0 Å². The van der Waals surface area contributed by atoms with Crippen molar-refractivity contribution in [3.63, 3.8) is 0 Å². The van der Waals surface area contributed by atoms with E-state index in [1.54, 1.807) is 11.3 Å². The lowest BCUT2D eigenvalue weighted by Crippen LogP contribution is -2.10. The van der Waals surface area contributed by atoms with Gasteiger partial charge in [0.1, 0.15) is 0 Å². The van der Waals surface area contributed by atoms with Crippen LogP contribution < -0.4 is 5.73 Å². The average Bonchev–Trinajstić information content (AvgIpc) is 2.34. The summed E-state index contributed by atoms with van der Waals surface area (Å²) >= 11 is 1.64. The van der Waals surface area contributed by atoms with E-state index in [0.29, 0.717) is 0 Å². The van der Waals surface area contributed by atoms with Crippen molar-refractivity contribution in [1.29, 1.82) is 0 Å². The van der Waals surface area contributed by atoms with Gasteiger partial charge in [-0.25, -0.2) is 0 Å². The largest absolute Gasteiger partial charge is 0.318 e. The van der Waals surface area contributed by atoms with Crippen molar-refractivity contribution >= 4 is 11.3 Å². The van der Waals surface area contributed by atoms with Gasteiger partial charge in [0, 0.05) is 0 Å². The van der Waals surface area contributed by atoms with Gasteiger partial charge >= 0.3 is 0 Å².